The molecule has 1 N–H and O–H groups in total. The fourth-order valence-electron chi connectivity index (χ4n) is 1.97. The van der Waals surface area contributed by atoms with E-state index in [1.165, 1.54) is 36.4 Å². The zero-order chi connectivity index (χ0) is 14.7. The normalized spacial score (nSPS) is 12.2. The molecule has 0 bridgehead atoms. The molecule has 0 spiro atoms. The van der Waals surface area contributed by atoms with Gasteiger partial charge in [-0.05, 0) is 57.7 Å². The van der Waals surface area contributed by atoms with Crippen LogP contribution in [0.5, 0.6) is 0 Å². The smallest absolute Gasteiger partial charge is 0.311 e. The van der Waals surface area contributed by atoms with Gasteiger partial charge in [0.05, 0.1) is 10.4 Å². The predicted molar refractivity (Wildman–Crippen MR) is 74.6 cm³/mol. The number of benzene rings is 2. The Morgan fingerprint density at radius 2 is 1.95 bits per heavy atom. The van der Waals surface area contributed by atoms with Crippen molar-refractivity contribution in [3.63, 3.8) is 0 Å². The highest BCUT2D eigenvalue weighted by molar-refractivity contribution is 9.10. The van der Waals surface area contributed by atoms with E-state index >= 15 is 0 Å². The van der Waals surface area contributed by atoms with Crippen molar-refractivity contribution in [1.29, 1.82) is 0 Å². The van der Waals surface area contributed by atoms with Crippen molar-refractivity contribution in [3.8, 4) is 0 Å². The van der Waals surface area contributed by atoms with E-state index in [-0.39, 0.29) is 10.9 Å². The Labute approximate surface area is 123 Å². The summed E-state index contributed by atoms with van der Waals surface area (Å²) in [5.41, 5.74) is 1.05. The van der Waals surface area contributed by atoms with Gasteiger partial charge in [0.1, 0.15) is 11.6 Å². The number of rotatable bonds is 4. The van der Waals surface area contributed by atoms with E-state index in [4.69, 9.17) is 0 Å². The van der Waals surface area contributed by atoms with Crippen LogP contribution in [0.1, 0.15) is 17.0 Å². The molecule has 0 aliphatic carbocycles. The van der Waals surface area contributed by atoms with Crippen LogP contribution in [0, 0.1) is 11.6 Å². The lowest BCUT2D eigenvalue weighted by Crippen LogP contribution is -2.14. The summed E-state index contributed by atoms with van der Waals surface area (Å²) in [7, 11) is 0. The maximum absolute atomic E-state index is 13.2. The molecule has 2 nitrogen and oxygen atoms in total. The molecule has 0 saturated carbocycles. The van der Waals surface area contributed by atoms with E-state index in [9.17, 15) is 18.7 Å². The Morgan fingerprint density at radius 3 is 2.55 bits per heavy atom. The largest absolute Gasteiger partial charge is 0.481 e. The molecular formula is C15H11BrF2O2. The monoisotopic (exact) mass is 340 g/mol. The summed E-state index contributed by atoms with van der Waals surface area (Å²) in [6, 6.07) is 9.83. The van der Waals surface area contributed by atoms with Gasteiger partial charge < -0.3 is 5.11 Å². The molecular weight excluding hydrogens is 330 g/mol. The summed E-state index contributed by atoms with van der Waals surface area (Å²) < 4.78 is 26.6. The van der Waals surface area contributed by atoms with E-state index in [0.29, 0.717) is 11.1 Å². The van der Waals surface area contributed by atoms with E-state index in [2.05, 4.69) is 15.9 Å². The first-order chi connectivity index (χ1) is 9.47. The Morgan fingerprint density at radius 1 is 1.20 bits per heavy atom. The third-order valence-corrected chi connectivity index (χ3v) is 3.58. The molecule has 20 heavy (non-hydrogen) atoms. The van der Waals surface area contributed by atoms with Crippen molar-refractivity contribution in [1.82, 2.24) is 0 Å². The first kappa shape index (κ1) is 14.7. The van der Waals surface area contributed by atoms with Crippen molar-refractivity contribution in [3.05, 3.63) is 69.7 Å². The molecule has 0 heterocycles. The highest BCUT2D eigenvalue weighted by Crippen LogP contribution is 2.25. The SMILES string of the molecule is O=C(O)C(Cc1ccc(F)c(Br)c1)c1cccc(F)c1. The van der Waals surface area contributed by atoms with Crippen LogP contribution in [0.25, 0.3) is 0 Å². The van der Waals surface area contributed by atoms with Gasteiger partial charge in [-0.1, -0.05) is 18.2 Å². The Bertz CT molecular complexity index is 644. The Kier molecular flexibility index (Phi) is 4.49. The second kappa shape index (κ2) is 6.13. The molecule has 0 saturated heterocycles. The van der Waals surface area contributed by atoms with Crippen LogP contribution in [0.2, 0.25) is 0 Å². The quantitative estimate of drug-likeness (QED) is 0.908. The number of carboxylic acids is 1. The van der Waals surface area contributed by atoms with Crippen LogP contribution >= 0.6 is 15.9 Å². The van der Waals surface area contributed by atoms with Crippen molar-refractivity contribution in [2.45, 2.75) is 12.3 Å². The van der Waals surface area contributed by atoms with Crippen molar-refractivity contribution in [2.75, 3.05) is 0 Å². The second-order valence-corrected chi connectivity index (χ2v) is 5.25. The van der Waals surface area contributed by atoms with Crippen LogP contribution in [0.4, 0.5) is 8.78 Å². The molecule has 0 radical (unpaired) electrons. The maximum Gasteiger partial charge on any atom is 0.311 e. The molecule has 1 atom stereocenters. The molecule has 2 aromatic rings. The summed E-state index contributed by atoms with van der Waals surface area (Å²) >= 11 is 3.06. The van der Waals surface area contributed by atoms with Gasteiger partial charge in [-0.3, -0.25) is 4.79 Å². The first-order valence-corrected chi connectivity index (χ1v) is 6.69. The molecule has 0 fully saturated rings. The fraction of sp³-hybridized carbons (Fsp3) is 0.133. The van der Waals surface area contributed by atoms with Gasteiger partial charge in [0, 0.05) is 0 Å². The van der Waals surface area contributed by atoms with E-state index in [1.807, 2.05) is 0 Å². The standard InChI is InChI=1S/C15H11BrF2O2/c16-13-7-9(4-5-14(13)18)6-12(15(19)20)10-2-1-3-11(17)8-10/h1-5,7-8,12H,6H2,(H,19,20). The molecule has 2 rings (SSSR count). The van der Waals surface area contributed by atoms with Crippen LogP contribution in [0.3, 0.4) is 0 Å². The highest BCUT2D eigenvalue weighted by Gasteiger charge is 2.21. The van der Waals surface area contributed by atoms with Gasteiger partial charge >= 0.3 is 5.97 Å². The van der Waals surface area contributed by atoms with E-state index < -0.39 is 23.5 Å². The van der Waals surface area contributed by atoms with E-state index in [0.717, 1.165) is 0 Å². The second-order valence-electron chi connectivity index (χ2n) is 4.40. The van der Waals surface area contributed by atoms with Gasteiger partial charge in [0.2, 0.25) is 0 Å². The molecule has 1 unspecified atom stereocenters. The first-order valence-electron chi connectivity index (χ1n) is 5.89. The third-order valence-electron chi connectivity index (χ3n) is 2.97. The number of hydrogen-bond acceptors (Lipinski definition) is 1. The summed E-state index contributed by atoms with van der Waals surface area (Å²) in [4.78, 5) is 11.4. The summed E-state index contributed by atoms with van der Waals surface area (Å²) in [5.74, 6) is -2.81. The lowest BCUT2D eigenvalue weighted by molar-refractivity contribution is -0.138. The summed E-state index contributed by atoms with van der Waals surface area (Å²) in [6.45, 7) is 0. The maximum atomic E-state index is 13.2. The summed E-state index contributed by atoms with van der Waals surface area (Å²) in [6.07, 6.45) is 0.164. The number of halogens is 3. The van der Waals surface area contributed by atoms with Gasteiger partial charge in [-0.2, -0.15) is 0 Å². The lowest BCUT2D eigenvalue weighted by atomic mass is 9.92. The molecule has 0 aliphatic rings. The summed E-state index contributed by atoms with van der Waals surface area (Å²) in [5, 5.41) is 9.29. The van der Waals surface area contributed by atoms with Crippen molar-refractivity contribution < 1.29 is 18.7 Å². The Balaban J connectivity index is 2.30. The van der Waals surface area contributed by atoms with Crippen LogP contribution in [-0.2, 0) is 11.2 Å². The van der Waals surface area contributed by atoms with E-state index in [1.54, 1.807) is 6.07 Å². The minimum atomic E-state index is -1.05. The number of aliphatic carboxylic acids is 1. The average molecular weight is 341 g/mol. The zero-order valence-corrected chi connectivity index (χ0v) is 11.9. The zero-order valence-electron chi connectivity index (χ0n) is 10.3. The van der Waals surface area contributed by atoms with Crippen molar-refractivity contribution in [2.24, 2.45) is 0 Å². The lowest BCUT2D eigenvalue weighted by Gasteiger charge is -2.13. The van der Waals surface area contributed by atoms with Crippen LogP contribution in [0.15, 0.2) is 46.9 Å². The van der Waals surface area contributed by atoms with Gasteiger partial charge in [0.25, 0.3) is 0 Å². The highest BCUT2D eigenvalue weighted by atomic mass is 79.9. The topological polar surface area (TPSA) is 37.3 Å². The predicted octanol–water partition coefficient (Wildman–Crippen LogP) is 4.14. The third kappa shape index (κ3) is 3.42. The van der Waals surface area contributed by atoms with Gasteiger partial charge in [0.15, 0.2) is 0 Å². The molecule has 2 aromatic carbocycles. The minimum absolute atomic E-state index is 0.164. The number of hydrogen-bond donors (Lipinski definition) is 1. The number of carbonyl (C=O) groups is 1. The van der Waals surface area contributed by atoms with Crippen LogP contribution < -0.4 is 0 Å². The molecule has 0 aliphatic heterocycles. The number of carboxylic acid groups (broad SMARTS) is 1. The average Bonchev–Trinajstić information content (AvgIpc) is 2.39. The molecule has 5 heteroatoms. The Hall–Kier alpha value is -1.75. The molecule has 0 amide bonds. The molecule has 0 aromatic heterocycles. The van der Waals surface area contributed by atoms with Gasteiger partial charge in [-0.25, -0.2) is 8.78 Å². The van der Waals surface area contributed by atoms with Crippen LogP contribution in [-0.4, -0.2) is 11.1 Å². The van der Waals surface area contributed by atoms with Gasteiger partial charge in [-0.15, -0.1) is 0 Å². The minimum Gasteiger partial charge on any atom is -0.481 e. The fourth-order valence-corrected chi connectivity index (χ4v) is 2.40. The van der Waals surface area contributed by atoms with Crippen molar-refractivity contribution >= 4 is 21.9 Å². The molecule has 104 valence electrons.